The van der Waals surface area contributed by atoms with Crippen molar-refractivity contribution >= 4 is 11.6 Å². The van der Waals surface area contributed by atoms with E-state index in [1.165, 1.54) is 0 Å². The highest BCUT2D eigenvalue weighted by Gasteiger charge is 2.24. The van der Waals surface area contributed by atoms with Crippen molar-refractivity contribution < 1.29 is 9.84 Å². The first-order valence-electron chi connectivity index (χ1n) is 6.97. The molecule has 0 bridgehead atoms. The minimum Gasteiger partial charge on any atom is -0.487 e. The number of aliphatic hydroxyl groups is 1. The molecule has 106 valence electrons. The molecule has 1 aromatic rings. The second-order valence-corrected chi connectivity index (χ2v) is 5.77. The second kappa shape index (κ2) is 6.60. The van der Waals surface area contributed by atoms with Crippen LogP contribution in [0.2, 0.25) is 5.02 Å². The summed E-state index contributed by atoms with van der Waals surface area (Å²) in [5, 5.41) is 10.8. The van der Waals surface area contributed by atoms with Gasteiger partial charge in [-0.15, -0.1) is 0 Å². The van der Waals surface area contributed by atoms with E-state index < -0.39 is 0 Å². The van der Waals surface area contributed by atoms with Gasteiger partial charge in [-0.3, -0.25) is 0 Å². The molecule has 1 saturated carbocycles. The van der Waals surface area contributed by atoms with Gasteiger partial charge in [0.1, 0.15) is 11.9 Å². The summed E-state index contributed by atoms with van der Waals surface area (Å²) in [5.41, 5.74) is 6.85. The molecule has 3 atom stereocenters. The number of benzene rings is 1. The SMILES string of the molecule is C[C@H](N)c1cc(Cl)ccc1OC1CCCCCC1O. The molecule has 0 saturated heterocycles. The Morgan fingerprint density at radius 2 is 2.05 bits per heavy atom. The largest absolute Gasteiger partial charge is 0.487 e. The molecule has 0 aromatic heterocycles. The Morgan fingerprint density at radius 3 is 2.79 bits per heavy atom. The van der Waals surface area contributed by atoms with E-state index in [-0.39, 0.29) is 18.2 Å². The minimum absolute atomic E-state index is 0.138. The van der Waals surface area contributed by atoms with Crippen LogP contribution in [0.3, 0.4) is 0 Å². The third kappa shape index (κ3) is 3.85. The molecule has 2 rings (SSSR count). The average molecular weight is 284 g/mol. The Labute approximate surface area is 119 Å². The molecular formula is C15H22ClNO2. The van der Waals surface area contributed by atoms with E-state index in [4.69, 9.17) is 22.1 Å². The fourth-order valence-electron chi connectivity index (χ4n) is 2.54. The summed E-state index contributed by atoms with van der Waals surface area (Å²) < 4.78 is 6.01. The quantitative estimate of drug-likeness (QED) is 0.836. The fourth-order valence-corrected chi connectivity index (χ4v) is 2.72. The lowest BCUT2D eigenvalue weighted by molar-refractivity contribution is 0.0313. The van der Waals surface area contributed by atoms with Crippen molar-refractivity contribution in [3.05, 3.63) is 28.8 Å². The van der Waals surface area contributed by atoms with Gasteiger partial charge in [-0.2, -0.15) is 0 Å². The maximum atomic E-state index is 10.1. The van der Waals surface area contributed by atoms with Crippen LogP contribution in [0.25, 0.3) is 0 Å². The smallest absolute Gasteiger partial charge is 0.124 e. The van der Waals surface area contributed by atoms with Crippen LogP contribution in [0.4, 0.5) is 0 Å². The number of rotatable bonds is 3. The van der Waals surface area contributed by atoms with Gasteiger partial charge in [0.25, 0.3) is 0 Å². The van der Waals surface area contributed by atoms with E-state index in [1.54, 1.807) is 6.07 Å². The molecular weight excluding hydrogens is 262 g/mol. The average Bonchev–Trinajstić information content (AvgIpc) is 2.57. The highest BCUT2D eigenvalue weighted by Crippen LogP contribution is 2.30. The predicted molar refractivity (Wildman–Crippen MR) is 77.6 cm³/mol. The van der Waals surface area contributed by atoms with Crippen molar-refractivity contribution in [2.75, 3.05) is 0 Å². The molecule has 19 heavy (non-hydrogen) atoms. The molecule has 1 fully saturated rings. The Kier molecular flexibility index (Phi) is 5.08. The van der Waals surface area contributed by atoms with Gasteiger partial charge in [0.15, 0.2) is 0 Å². The van der Waals surface area contributed by atoms with Crippen LogP contribution in [-0.4, -0.2) is 17.3 Å². The highest BCUT2D eigenvalue weighted by atomic mass is 35.5. The molecule has 2 unspecified atom stereocenters. The lowest BCUT2D eigenvalue weighted by Crippen LogP contribution is -2.31. The van der Waals surface area contributed by atoms with Gasteiger partial charge in [-0.1, -0.05) is 24.4 Å². The number of nitrogens with two attached hydrogens (primary N) is 1. The van der Waals surface area contributed by atoms with Gasteiger partial charge in [0.2, 0.25) is 0 Å². The maximum Gasteiger partial charge on any atom is 0.124 e. The Hall–Kier alpha value is -0.770. The molecule has 0 amide bonds. The zero-order valence-electron chi connectivity index (χ0n) is 11.3. The van der Waals surface area contributed by atoms with Crippen LogP contribution in [0.5, 0.6) is 5.75 Å². The summed E-state index contributed by atoms with van der Waals surface area (Å²) in [6, 6.07) is 5.34. The number of hydrogen-bond acceptors (Lipinski definition) is 3. The molecule has 0 heterocycles. The lowest BCUT2D eigenvalue weighted by atomic mass is 10.1. The van der Waals surface area contributed by atoms with E-state index in [2.05, 4.69) is 0 Å². The van der Waals surface area contributed by atoms with E-state index in [9.17, 15) is 5.11 Å². The first kappa shape index (κ1) is 14.6. The molecule has 4 heteroatoms. The third-order valence-electron chi connectivity index (χ3n) is 3.66. The number of halogens is 1. The van der Waals surface area contributed by atoms with Crippen LogP contribution in [0.1, 0.15) is 50.6 Å². The monoisotopic (exact) mass is 283 g/mol. The Bertz CT molecular complexity index is 423. The standard InChI is InChI=1S/C15H22ClNO2/c1-10(17)12-9-11(16)7-8-14(12)19-15-6-4-2-3-5-13(15)18/h7-10,13,15,18H,2-6,17H2,1H3/t10-,13?,15?/m0/s1. The lowest BCUT2D eigenvalue weighted by Gasteiger charge is -2.24. The molecule has 0 radical (unpaired) electrons. The van der Waals surface area contributed by atoms with E-state index in [0.717, 1.165) is 43.4 Å². The number of ether oxygens (including phenoxy) is 1. The van der Waals surface area contributed by atoms with Crippen molar-refractivity contribution in [2.45, 2.75) is 57.3 Å². The molecule has 3 nitrogen and oxygen atoms in total. The first-order chi connectivity index (χ1) is 9.08. The number of aliphatic hydroxyl groups excluding tert-OH is 1. The predicted octanol–water partition coefficient (Wildman–Crippen LogP) is 3.43. The van der Waals surface area contributed by atoms with Gasteiger partial charge >= 0.3 is 0 Å². The van der Waals surface area contributed by atoms with Crippen LogP contribution < -0.4 is 10.5 Å². The van der Waals surface area contributed by atoms with Crippen LogP contribution in [0, 0.1) is 0 Å². The zero-order valence-corrected chi connectivity index (χ0v) is 12.1. The highest BCUT2D eigenvalue weighted by molar-refractivity contribution is 6.30. The van der Waals surface area contributed by atoms with E-state index in [0.29, 0.717) is 5.02 Å². The molecule has 1 aliphatic carbocycles. The van der Waals surface area contributed by atoms with Gasteiger partial charge in [0, 0.05) is 16.6 Å². The zero-order chi connectivity index (χ0) is 13.8. The molecule has 0 aliphatic heterocycles. The summed E-state index contributed by atoms with van der Waals surface area (Å²) in [5.74, 6) is 0.741. The Morgan fingerprint density at radius 1 is 1.32 bits per heavy atom. The van der Waals surface area contributed by atoms with Gasteiger partial charge < -0.3 is 15.6 Å². The van der Waals surface area contributed by atoms with Crippen molar-refractivity contribution in [1.29, 1.82) is 0 Å². The van der Waals surface area contributed by atoms with Gasteiger partial charge in [0.05, 0.1) is 6.10 Å². The molecule has 3 N–H and O–H groups in total. The minimum atomic E-state index is -0.390. The second-order valence-electron chi connectivity index (χ2n) is 5.33. The Balaban J connectivity index is 2.17. The maximum absolute atomic E-state index is 10.1. The van der Waals surface area contributed by atoms with Crippen LogP contribution in [0.15, 0.2) is 18.2 Å². The molecule has 1 aromatic carbocycles. The molecule has 1 aliphatic rings. The van der Waals surface area contributed by atoms with Crippen LogP contribution in [-0.2, 0) is 0 Å². The summed E-state index contributed by atoms with van der Waals surface area (Å²) >= 11 is 6.00. The van der Waals surface area contributed by atoms with Crippen molar-refractivity contribution in [3.8, 4) is 5.75 Å². The van der Waals surface area contributed by atoms with Crippen molar-refractivity contribution in [3.63, 3.8) is 0 Å². The fraction of sp³-hybridized carbons (Fsp3) is 0.600. The third-order valence-corrected chi connectivity index (χ3v) is 3.89. The van der Waals surface area contributed by atoms with Crippen LogP contribution >= 0.6 is 11.6 Å². The normalized spacial score (nSPS) is 25.7. The summed E-state index contributed by atoms with van der Waals surface area (Å²) in [4.78, 5) is 0. The van der Waals surface area contributed by atoms with E-state index in [1.807, 2.05) is 19.1 Å². The summed E-state index contributed by atoms with van der Waals surface area (Å²) in [6.45, 7) is 1.90. The van der Waals surface area contributed by atoms with Crippen molar-refractivity contribution in [1.82, 2.24) is 0 Å². The van der Waals surface area contributed by atoms with Crippen molar-refractivity contribution in [2.24, 2.45) is 5.73 Å². The topological polar surface area (TPSA) is 55.5 Å². The van der Waals surface area contributed by atoms with Gasteiger partial charge in [-0.25, -0.2) is 0 Å². The molecule has 0 spiro atoms. The van der Waals surface area contributed by atoms with Gasteiger partial charge in [-0.05, 0) is 44.4 Å². The number of hydrogen-bond donors (Lipinski definition) is 2. The summed E-state index contributed by atoms with van der Waals surface area (Å²) in [7, 11) is 0. The first-order valence-corrected chi connectivity index (χ1v) is 7.35. The summed E-state index contributed by atoms with van der Waals surface area (Å²) in [6.07, 6.45) is 4.51. The van der Waals surface area contributed by atoms with E-state index >= 15 is 0 Å².